The fourth-order valence-electron chi connectivity index (χ4n) is 2.82. The van der Waals surface area contributed by atoms with E-state index in [1.807, 2.05) is 30.3 Å². The Balaban J connectivity index is 1.49. The van der Waals surface area contributed by atoms with Gasteiger partial charge in [0.15, 0.2) is 0 Å². The number of nitrogens with one attached hydrogen (secondary N) is 2. The Labute approximate surface area is 188 Å². The third-order valence-electron chi connectivity index (χ3n) is 4.50. The zero-order chi connectivity index (χ0) is 22.7. The number of hydrogen-bond acceptors (Lipinski definition) is 6. The molecule has 0 aliphatic heterocycles. The molecular formula is C22H17FN4O3S2. The number of anilines is 2. The van der Waals surface area contributed by atoms with Crippen LogP contribution in [0.3, 0.4) is 0 Å². The molecule has 4 aromatic rings. The molecule has 0 aliphatic rings. The van der Waals surface area contributed by atoms with Gasteiger partial charge in [-0.15, -0.1) is 10.2 Å². The summed E-state index contributed by atoms with van der Waals surface area (Å²) in [5.41, 5.74) is 1.61. The minimum Gasteiger partial charge on any atom is -0.296 e. The summed E-state index contributed by atoms with van der Waals surface area (Å²) in [6.07, 6.45) is 0. The summed E-state index contributed by atoms with van der Waals surface area (Å²) < 4.78 is 41.3. The average Bonchev–Trinajstić information content (AvgIpc) is 3.24. The van der Waals surface area contributed by atoms with Crippen molar-refractivity contribution in [3.8, 4) is 10.6 Å². The predicted octanol–water partition coefficient (Wildman–Crippen LogP) is 4.71. The lowest BCUT2D eigenvalue weighted by atomic mass is 10.2. The van der Waals surface area contributed by atoms with Gasteiger partial charge in [-0.2, -0.15) is 0 Å². The number of aryl methyl sites for hydroxylation is 1. The first-order valence-electron chi connectivity index (χ1n) is 9.41. The summed E-state index contributed by atoms with van der Waals surface area (Å²) in [4.78, 5) is 12.4. The molecule has 162 valence electrons. The number of benzene rings is 3. The van der Waals surface area contributed by atoms with Crippen molar-refractivity contribution in [1.82, 2.24) is 10.2 Å². The predicted molar refractivity (Wildman–Crippen MR) is 122 cm³/mol. The van der Waals surface area contributed by atoms with Crippen molar-refractivity contribution in [2.24, 2.45) is 0 Å². The van der Waals surface area contributed by atoms with E-state index in [0.717, 1.165) is 11.6 Å². The lowest BCUT2D eigenvalue weighted by Gasteiger charge is -2.10. The molecule has 32 heavy (non-hydrogen) atoms. The highest BCUT2D eigenvalue weighted by Crippen LogP contribution is 2.26. The molecule has 0 radical (unpaired) electrons. The average molecular weight is 469 g/mol. The van der Waals surface area contributed by atoms with Crippen LogP contribution in [0, 0.1) is 12.7 Å². The fraction of sp³-hybridized carbons (Fsp3) is 0.0455. The van der Waals surface area contributed by atoms with Crippen LogP contribution in [-0.4, -0.2) is 24.5 Å². The maximum Gasteiger partial charge on any atom is 0.261 e. The molecule has 1 aromatic heterocycles. The van der Waals surface area contributed by atoms with Crippen LogP contribution >= 0.6 is 11.3 Å². The lowest BCUT2D eigenvalue weighted by Crippen LogP contribution is -2.15. The molecule has 0 aliphatic carbocycles. The Morgan fingerprint density at radius 3 is 2.50 bits per heavy atom. The third-order valence-corrected chi connectivity index (χ3v) is 6.76. The Morgan fingerprint density at radius 2 is 1.75 bits per heavy atom. The van der Waals surface area contributed by atoms with E-state index < -0.39 is 21.7 Å². The second kappa shape index (κ2) is 8.85. The topological polar surface area (TPSA) is 101 Å². The van der Waals surface area contributed by atoms with Crippen LogP contribution in [0.15, 0.2) is 77.7 Å². The molecule has 0 saturated carbocycles. The molecule has 3 aromatic carbocycles. The maximum absolute atomic E-state index is 13.8. The smallest absolute Gasteiger partial charge is 0.261 e. The summed E-state index contributed by atoms with van der Waals surface area (Å²) in [5.74, 6) is -1.09. The number of rotatable bonds is 6. The fourth-order valence-corrected chi connectivity index (χ4v) is 4.62. The Bertz CT molecular complexity index is 1390. The highest BCUT2D eigenvalue weighted by atomic mass is 32.2. The van der Waals surface area contributed by atoms with E-state index in [1.165, 1.54) is 47.7 Å². The zero-order valence-electron chi connectivity index (χ0n) is 16.7. The monoisotopic (exact) mass is 468 g/mol. The van der Waals surface area contributed by atoms with Crippen LogP contribution < -0.4 is 10.0 Å². The van der Waals surface area contributed by atoms with E-state index in [9.17, 15) is 17.6 Å². The van der Waals surface area contributed by atoms with E-state index in [2.05, 4.69) is 20.2 Å². The first-order chi connectivity index (χ1) is 15.3. The number of amides is 1. The van der Waals surface area contributed by atoms with E-state index >= 15 is 0 Å². The molecule has 0 spiro atoms. The summed E-state index contributed by atoms with van der Waals surface area (Å²) >= 11 is 1.22. The quantitative estimate of drug-likeness (QED) is 0.427. The molecule has 0 saturated heterocycles. The lowest BCUT2D eigenvalue weighted by molar-refractivity contribution is 0.102. The van der Waals surface area contributed by atoms with Gasteiger partial charge in [0, 0.05) is 16.8 Å². The first kappa shape index (κ1) is 21.6. The second-order valence-corrected chi connectivity index (χ2v) is 9.49. The molecule has 1 heterocycles. The van der Waals surface area contributed by atoms with Crippen molar-refractivity contribution in [2.45, 2.75) is 11.8 Å². The number of hydrogen-bond donors (Lipinski definition) is 2. The van der Waals surface area contributed by atoms with Crippen molar-refractivity contribution >= 4 is 38.1 Å². The summed E-state index contributed by atoms with van der Waals surface area (Å²) in [6, 6.07) is 19.1. The Morgan fingerprint density at radius 1 is 0.969 bits per heavy atom. The molecule has 0 atom stereocenters. The number of aromatic nitrogens is 2. The van der Waals surface area contributed by atoms with Crippen LogP contribution in [0.25, 0.3) is 10.6 Å². The molecule has 0 bridgehead atoms. The third kappa shape index (κ3) is 4.82. The standard InChI is InChI=1S/C22H17FN4O3S2/c1-14-10-11-18(13-19(14)23)32(29,30)27-17-9-5-8-16(12-17)20(28)24-22-26-25-21(31-22)15-6-3-2-4-7-15/h2-13,27H,1H3,(H,24,26,28). The van der Waals surface area contributed by atoms with Gasteiger partial charge < -0.3 is 0 Å². The largest absolute Gasteiger partial charge is 0.296 e. The van der Waals surface area contributed by atoms with Gasteiger partial charge in [-0.3, -0.25) is 14.8 Å². The maximum atomic E-state index is 13.8. The summed E-state index contributed by atoms with van der Waals surface area (Å²) in [6.45, 7) is 1.54. The van der Waals surface area contributed by atoms with Gasteiger partial charge in [0.1, 0.15) is 10.8 Å². The number of sulfonamides is 1. The van der Waals surface area contributed by atoms with Crippen molar-refractivity contribution in [3.63, 3.8) is 0 Å². The van der Waals surface area contributed by atoms with Gasteiger partial charge in [-0.1, -0.05) is 53.8 Å². The molecular weight excluding hydrogens is 451 g/mol. The van der Waals surface area contributed by atoms with E-state index in [-0.39, 0.29) is 16.1 Å². The van der Waals surface area contributed by atoms with Crippen LogP contribution in [0.5, 0.6) is 0 Å². The highest BCUT2D eigenvalue weighted by molar-refractivity contribution is 7.92. The molecule has 7 nitrogen and oxygen atoms in total. The number of carbonyl (C=O) groups excluding carboxylic acids is 1. The van der Waals surface area contributed by atoms with Crippen molar-refractivity contribution in [3.05, 3.63) is 89.7 Å². The van der Waals surface area contributed by atoms with Gasteiger partial charge in [-0.05, 0) is 42.8 Å². The minimum atomic E-state index is -4.02. The molecule has 2 N–H and O–H groups in total. The van der Waals surface area contributed by atoms with Crippen LogP contribution in [0.1, 0.15) is 15.9 Å². The SMILES string of the molecule is Cc1ccc(S(=O)(=O)Nc2cccc(C(=O)Nc3nnc(-c4ccccc4)s3)c2)cc1F. The van der Waals surface area contributed by atoms with Crippen LogP contribution in [0.2, 0.25) is 0 Å². The normalized spacial score (nSPS) is 11.2. The Hall–Kier alpha value is -3.63. The number of nitrogens with zero attached hydrogens (tertiary/aromatic N) is 2. The summed E-state index contributed by atoms with van der Waals surface area (Å²) in [5, 5.41) is 11.7. The van der Waals surface area contributed by atoms with Crippen LogP contribution in [-0.2, 0) is 10.0 Å². The minimum absolute atomic E-state index is 0.167. The first-order valence-corrected chi connectivity index (χ1v) is 11.7. The van der Waals surface area contributed by atoms with Gasteiger partial charge >= 0.3 is 0 Å². The van der Waals surface area contributed by atoms with E-state index in [1.54, 1.807) is 6.92 Å². The van der Waals surface area contributed by atoms with Crippen molar-refractivity contribution in [1.29, 1.82) is 0 Å². The van der Waals surface area contributed by atoms with Gasteiger partial charge in [0.25, 0.3) is 15.9 Å². The molecule has 4 rings (SSSR count). The highest BCUT2D eigenvalue weighted by Gasteiger charge is 2.17. The Kier molecular flexibility index (Phi) is 5.97. The van der Waals surface area contributed by atoms with Gasteiger partial charge in [0.2, 0.25) is 5.13 Å². The summed E-state index contributed by atoms with van der Waals surface area (Å²) in [7, 11) is -4.02. The van der Waals surface area contributed by atoms with E-state index in [4.69, 9.17) is 0 Å². The number of carbonyl (C=O) groups is 1. The molecule has 1 amide bonds. The molecule has 10 heteroatoms. The number of halogens is 1. The van der Waals surface area contributed by atoms with Crippen molar-refractivity contribution in [2.75, 3.05) is 10.0 Å². The molecule has 0 fully saturated rings. The molecule has 0 unspecified atom stereocenters. The van der Waals surface area contributed by atoms with Gasteiger partial charge in [-0.25, -0.2) is 12.8 Å². The van der Waals surface area contributed by atoms with Crippen molar-refractivity contribution < 1.29 is 17.6 Å². The zero-order valence-corrected chi connectivity index (χ0v) is 18.4. The second-order valence-electron chi connectivity index (χ2n) is 6.83. The van der Waals surface area contributed by atoms with Gasteiger partial charge in [0.05, 0.1) is 4.90 Å². The van der Waals surface area contributed by atoms with Crippen LogP contribution in [0.4, 0.5) is 15.2 Å². The van der Waals surface area contributed by atoms with E-state index in [0.29, 0.717) is 15.7 Å².